The molecule has 0 bridgehead atoms. The molecule has 0 aliphatic rings. The van der Waals surface area contributed by atoms with E-state index in [9.17, 15) is 21.6 Å². The Kier molecular flexibility index (Phi) is 2.30. The molecule has 0 spiro atoms. The van der Waals surface area contributed by atoms with Crippen molar-refractivity contribution in [3.05, 3.63) is 5.82 Å². The van der Waals surface area contributed by atoms with Crippen LogP contribution in [0, 0.1) is 0 Å². The molecule has 0 saturated carbocycles. The predicted octanol–water partition coefficient (Wildman–Crippen LogP) is 0.237. The number of aryl methyl sites for hydroxylation is 1. The highest BCUT2D eigenvalue weighted by Crippen LogP contribution is 2.26. The van der Waals surface area contributed by atoms with Gasteiger partial charge in [-0.25, -0.2) is 13.1 Å². The third-order valence-electron chi connectivity index (χ3n) is 1.31. The summed E-state index contributed by atoms with van der Waals surface area (Å²) in [6, 6.07) is 0. The second kappa shape index (κ2) is 2.94. The van der Waals surface area contributed by atoms with Crippen molar-refractivity contribution in [3.63, 3.8) is 0 Å². The summed E-state index contributed by atoms with van der Waals surface area (Å²) in [6.07, 6.45) is -3.97. The van der Waals surface area contributed by atoms with Crippen LogP contribution >= 0.6 is 0 Å². The van der Waals surface area contributed by atoms with E-state index >= 15 is 0 Å². The lowest BCUT2D eigenvalue weighted by Gasteiger charge is -1.97. The van der Waals surface area contributed by atoms with Crippen LogP contribution in [0.4, 0.5) is 13.2 Å². The molecule has 0 aliphatic carbocycles. The van der Waals surface area contributed by atoms with Crippen molar-refractivity contribution in [1.82, 2.24) is 14.8 Å². The molecule has 0 unspecified atom stereocenters. The fourth-order valence-corrected chi connectivity index (χ4v) is 1.59. The second-order valence-corrected chi connectivity index (χ2v) is 4.52. The quantitative estimate of drug-likeness (QED) is 0.691. The minimum atomic E-state index is -4.74. The number of halogens is 3. The zero-order valence-corrected chi connectivity index (χ0v) is 8.02. The van der Waals surface area contributed by atoms with Crippen LogP contribution in [0.2, 0.25) is 0 Å². The van der Waals surface area contributed by atoms with Gasteiger partial charge in [-0.15, -0.1) is 5.10 Å². The summed E-state index contributed by atoms with van der Waals surface area (Å²) in [6.45, 7) is 0. The third-order valence-corrected chi connectivity index (χ3v) is 2.33. The lowest BCUT2D eigenvalue weighted by molar-refractivity contribution is -0.145. The molecule has 1 aromatic heterocycles. The Morgan fingerprint density at radius 1 is 1.36 bits per heavy atom. The second-order valence-electron chi connectivity index (χ2n) is 2.61. The minimum Gasteiger partial charge on any atom is -0.239 e. The van der Waals surface area contributed by atoms with Gasteiger partial charge in [0, 0.05) is 13.3 Å². The molecule has 0 amide bonds. The molecule has 0 radical (unpaired) electrons. The van der Waals surface area contributed by atoms with E-state index in [1.54, 1.807) is 0 Å². The van der Waals surface area contributed by atoms with E-state index in [0.29, 0.717) is 4.68 Å². The van der Waals surface area contributed by atoms with Crippen LogP contribution in [0.5, 0.6) is 0 Å². The third kappa shape index (κ3) is 2.03. The average Bonchev–Trinajstić information content (AvgIpc) is 2.27. The molecule has 1 rings (SSSR count). The van der Waals surface area contributed by atoms with Gasteiger partial charge < -0.3 is 0 Å². The summed E-state index contributed by atoms with van der Waals surface area (Å²) >= 11 is 0. The normalized spacial score (nSPS) is 13.2. The molecular weight excluding hydrogens is 223 g/mol. The van der Waals surface area contributed by atoms with Gasteiger partial charge in [-0.3, -0.25) is 0 Å². The number of hydrogen-bond acceptors (Lipinski definition) is 4. The summed E-state index contributed by atoms with van der Waals surface area (Å²) in [5.74, 6) is -1.46. The molecule has 0 aromatic carbocycles. The summed E-state index contributed by atoms with van der Waals surface area (Å²) in [4.78, 5) is 2.89. The topological polar surface area (TPSA) is 64.8 Å². The number of aromatic nitrogens is 3. The van der Waals surface area contributed by atoms with Gasteiger partial charge in [0.05, 0.1) is 0 Å². The van der Waals surface area contributed by atoms with E-state index in [2.05, 4.69) is 10.1 Å². The Morgan fingerprint density at radius 3 is 2.07 bits per heavy atom. The highest BCUT2D eigenvalue weighted by Gasteiger charge is 2.37. The summed E-state index contributed by atoms with van der Waals surface area (Å²) in [5, 5.41) is 2.25. The SMILES string of the molecule is Cn1nc(C(F)(F)F)nc1S(C)(=O)=O. The van der Waals surface area contributed by atoms with Gasteiger partial charge in [0.1, 0.15) is 0 Å². The average molecular weight is 229 g/mol. The maximum atomic E-state index is 12.0. The Bertz CT molecular complexity index is 447. The maximum absolute atomic E-state index is 12.0. The van der Waals surface area contributed by atoms with E-state index in [1.807, 2.05) is 0 Å². The van der Waals surface area contributed by atoms with Crippen molar-refractivity contribution in [2.45, 2.75) is 11.3 Å². The molecule has 9 heteroatoms. The molecule has 0 atom stereocenters. The van der Waals surface area contributed by atoms with Crippen molar-refractivity contribution in [1.29, 1.82) is 0 Å². The Hall–Kier alpha value is -1.12. The van der Waals surface area contributed by atoms with Crippen LogP contribution in [-0.2, 0) is 23.1 Å². The largest absolute Gasteiger partial charge is 0.453 e. The zero-order valence-electron chi connectivity index (χ0n) is 7.20. The van der Waals surface area contributed by atoms with Gasteiger partial charge in [-0.05, 0) is 0 Å². The first-order valence-corrected chi connectivity index (χ1v) is 5.20. The van der Waals surface area contributed by atoms with Crippen LogP contribution in [0.3, 0.4) is 0 Å². The molecule has 1 heterocycles. The molecule has 1 aromatic rings. The Morgan fingerprint density at radius 2 is 1.86 bits per heavy atom. The van der Waals surface area contributed by atoms with Gasteiger partial charge >= 0.3 is 6.18 Å². The van der Waals surface area contributed by atoms with Gasteiger partial charge in [0.25, 0.3) is 5.82 Å². The first kappa shape index (κ1) is 11.0. The van der Waals surface area contributed by atoms with Crippen LogP contribution in [0.15, 0.2) is 5.16 Å². The number of rotatable bonds is 1. The molecule has 0 saturated heterocycles. The smallest absolute Gasteiger partial charge is 0.239 e. The summed E-state index contributed by atoms with van der Waals surface area (Å²) in [5.41, 5.74) is 0. The van der Waals surface area contributed by atoms with Crippen molar-refractivity contribution in [2.24, 2.45) is 7.05 Å². The van der Waals surface area contributed by atoms with Gasteiger partial charge in [0.2, 0.25) is 15.0 Å². The minimum absolute atomic E-state index is 0.582. The predicted molar refractivity (Wildman–Crippen MR) is 39.1 cm³/mol. The molecule has 0 aliphatic heterocycles. The van der Waals surface area contributed by atoms with Crippen molar-refractivity contribution < 1.29 is 21.6 Å². The highest BCUT2D eigenvalue weighted by molar-refractivity contribution is 7.90. The van der Waals surface area contributed by atoms with Crippen molar-refractivity contribution in [3.8, 4) is 0 Å². The van der Waals surface area contributed by atoms with Crippen LogP contribution in [-0.4, -0.2) is 29.4 Å². The van der Waals surface area contributed by atoms with E-state index in [-0.39, 0.29) is 0 Å². The standard InChI is InChI=1S/C5H6F3N3O2S/c1-11-4(14(2,12)13)9-3(10-11)5(6,7)8/h1-2H3. The fraction of sp³-hybridized carbons (Fsp3) is 0.600. The van der Waals surface area contributed by atoms with E-state index in [1.165, 1.54) is 0 Å². The molecule has 80 valence electrons. The van der Waals surface area contributed by atoms with E-state index in [0.717, 1.165) is 13.3 Å². The molecular formula is C5H6F3N3O2S. The lowest BCUT2D eigenvalue weighted by Crippen LogP contribution is -2.08. The van der Waals surface area contributed by atoms with Crippen molar-refractivity contribution >= 4 is 9.84 Å². The lowest BCUT2D eigenvalue weighted by atomic mass is 10.6. The number of nitrogens with zero attached hydrogens (tertiary/aromatic N) is 3. The van der Waals surface area contributed by atoms with Crippen LogP contribution in [0.1, 0.15) is 5.82 Å². The highest BCUT2D eigenvalue weighted by atomic mass is 32.2. The van der Waals surface area contributed by atoms with Crippen LogP contribution in [0.25, 0.3) is 0 Å². The molecule has 0 N–H and O–H groups in total. The van der Waals surface area contributed by atoms with Gasteiger partial charge in [-0.1, -0.05) is 0 Å². The first-order chi connectivity index (χ1) is 6.12. The Labute approximate surface area is 77.5 Å². The zero-order chi connectivity index (χ0) is 11.1. The number of alkyl halides is 3. The molecule has 0 fully saturated rings. The van der Waals surface area contributed by atoms with Gasteiger partial charge in [0.15, 0.2) is 0 Å². The molecule has 14 heavy (non-hydrogen) atoms. The summed E-state index contributed by atoms with van der Waals surface area (Å²) < 4.78 is 58.5. The fourth-order valence-electron chi connectivity index (χ4n) is 0.813. The number of sulfone groups is 1. The van der Waals surface area contributed by atoms with E-state index < -0.39 is 27.0 Å². The van der Waals surface area contributed by atoms with E-state index in [4.69, 9.17) is 0 Å². The first-order valence-electron chi connectivity index (χ1n) is 3.30. The van der Waals surface area contributed by atoms with Crippen molar-refractivity contribution in [2.75, 3.05) is 6.26 Å². The number of hydrogen-bond donors (Lipinski definition) is 0. The summed E-state index contributed by atoms with van der Waals surface area (Å²) in [7, 11) is -2.70. The Balaban J connectivity index is 3.33. The van der Waals surface area contributed by atoms with Crippen LogP contribution < -0.4 is 0 Å². The monoisotopic (exact) mass is 229 g/mol. The van der Waals surface area contributed by atoms with Gasteiger partial charge in [-0.2, -0.15) is 18.2 Å². The maximum Gasteiger partial charge on any atom is 0.453 e. The molecule has 5 nitrogen and oxygen atoms in total.